The summed E-state index contributed by atoms with van der Waals surface area (Å²) in [6.07, 6.45) is 1.57. The molecule has 3 aromatic carbocycles. The molecule has 0 aromatic heterocycles. The Morgan fingerprint density at radius 2 is 1.87 bits per heavy atom. The number of carbonyl (C=O) groups excluding carboxylic acids is 1. The number of rotatable bonds is 8. The van der Waals surface area contributed by atoms with Gasteiger partial charge in [0.05, 0.1) is 17.3 Å². The lowest BCUT2D eigenvalue weighted by Gasteiger charge is -2.14. The summed E-state index contributed by atoms with van der Waals surface area (Å²) in [6.45, 7) is 4.78. The summed E-state index contributed by atoms with van der Waals surface area (Å²) in [6, 6.07) is 21.0. The molecule has 0 saturated carbocycles. The van der Waals surface area contributed by atoms with Gasteiger partial charge in [-0.3, -0.25) is 4.79 Å². The highest BCUT2D eigenvalue weighted by Gasteiger charge is 2.12. The number of carbonyl (C=O) groups is 1. The number of hydrogen-bond donors (Lipinski definition) is 1. The lowest BCUT2D eigenvalue weighted by Crippen LogP contribution is -2.17. The summed E-state index contributed by atoms with van der Waals surface area (Å²) in [5.74, 6) is 0.970. The van der Waals surface area contributed by atoms with Crippen molar-refractivity contribution in [1.29, 1.82) is 0 Å². The van der Waals surface area contributed by atoms with Crippen LogP contribution in [0.2, 0.25) is 0 Å². The Morgan fingerprint density at radius 1 is 1.07 bits per heavy atom. The standard InChI is InChI=1S/C24H23BrN2O3/c1-3-29-22-14-19(15-26-27-24(28)20-11-7-8-17(2)12-20)13-21(25)23(22)30-16-18-9-5-4-6-10-18/h4-15H,3,16H2,1-2H3,(H,27,28)/b26-15+. The van der Waals surface area contributed by atoms with Crippen molar-refractivity contribution in [2.45, 2.75) is 20.5 Å². The highest BCUT2D eigenvalue weighted by atomic mass is 79.9. The molecule has 0 atom stereocenters. The second-order valence-corrected chi connectivity index (χ2v) is 7.46. The van der Waals surface area contributed by atoms with Gasteiger partial charge in [0, 0.05) is 5.56 Å². The Kier molecular flexibility index (Phi) is 7.63. The number of hydrazone groups is 1. The molecule has 0 heterocycles. The molecule has 3 aromatic rings. The van der Waals surface area contributed by atoms with Gasteiger partial charge in [-0.15, -0.1) is 0 Å². The van der Waals surface area contributed by atoms with Gasteiger partial charge in [-0.05, 0) is 65.2 Å². The number of nitrogens with one attached hydrogen (secondary N) is 1. The fourth-order valence-electron chi connectivity index (χ4n) is 2.81. The molecule has 0 unspecified atom stereocenters. The summed E-state index contributed by atoms with van der Waals surface area (Å²) in [4.78, 5) is 12.2. The van der Waals surface area contributed by atoms with E-state index in [4.69, 9.17) is 9.47 Å². The van der Waals surface area contributed by atoms with E-state index in [9.17, 15) is 4.79 Å². The van der Waals surface area contributed by atoms with Gasteiger partial charge in [-0.2, -0.15) is 5.10 Å². The third-order valence-corrected chi connectivity index (χ3v) is 4.81. The average Bonchev–Trinajstić information content (AvgIpc) is 2.74. The smallest absolute Gasteiger partial charge is 0.271 e. The molecule has 6 heteroatoms. The van der Waals surface area contributed by atoms with Crippen LogP contribution >= 0.6 is 15.9 Å². The molecular weight excluding hydrogens is 444 g/mol. The Morgan fingerprint density at radius 3 is 2.60 bits per heavy atom. The van der Waals surface area contributed by atoms with Crippen LogP contribution in [-0.2, 0) is 6.61 Å². The molecule has 0 saturated heterocycles. The van der Waals surface area contributed by atoms with E-state index < -0.39 is 0 Å². The van der Waals surface area contributed by atoms with Crippen molar-refractivity contribution in [1.82, 2.24) is 5.43 Å². The summed E-state index contributed by atoms with van der Waals surface area (Å²) in [5, 5.41) is 4.07. The SMILES string of the molecule is CCOc1cc(/C=N/NC(=O)c2cccc(C)c2)cc(Br)c1OCc1ccccc1. The van der Waals surface area contributed by atoms with Crippen LogP contribution in [0.5, 0.6) is 11.5 Å². The average molecular weight is 467 g/mol. The maximum absolute atomic E-state index is 12.2. The van der Waals surface area contributed by atoms with Crippen LogP contribution in [0.1, 0.15) is 34.0 Å². The molecule has 3 rings (SSSR count). The number of benzene rings is 3. The molecular formula is C24H23BrN2O3. The molecule has 1 N–H and O–H groups in total. The van der Waals surface area contributed by atoms with Crippen molar-refractivity contribution in [3.63, 3.8) is 0 Å². The minimum atomic E-state index is -0.262. The van der Waals surface area contributed by atoms with E-state index in [1.165, 1.54) is 0 Å². The van der Waals surface area contributed by atoms with Gasteiger partial charge in [0.25, 0.3) is 5.91 Å². The zero-order valence-electron chi connectivity index (χ0n) is 16.9. The normalized spacial score (nSPS) is 10.8. The summed E-state index contributed by atoms with van der Waals surface area (Å²) in [5.41, 5.74) is 5.96. The fraction of sp³-hybridized carbons (Fsp3) is 0.167. The number of halogens is 1. The molecule has 0 spiro atoms. The molecule has 0 aliphatic carbocycles. The van der Waals surface area contributed by atoms with Crippen LogP contribution < -0.4 is 14.9 Å². The first-order valence-corrected chi connectivity index (χ1v) is 10.4. The first-order valence-electron chi connectivity index (χ1n) is 9.60. The minimum absolute atomic E-state index is 0.262. The Balaban J connectivity index is 1.72. The van der Waals surface area contributed by atoms with Crippen molar-refractivity contribution in [3.05, 3.63) is 93.5 Å². The molecule has 0 bridgehead atoms. The maximum Gasteiger partial charge on any atom is 0.271 e. The molecule has 5 nitrogen and oxygen atoms in total. The van der Waals surface area contributed by atoms with Crippen LogP contribution in [0.4, 0.5) is 0 Å². The van der Waals surface area contributed by atoms with E-state index >= 15 is 0 Å². The molecule has 0 aliphatic rings. The maximum atomic E-state index is 12.2. The van der Waals surface area contributed by atoms with Crippen molar-refractivity contribution >= 4 is 28.1 Å². The highest BCUT2D eigenvalue weighted by molar-refractivity contribution is 9.10. The number of nitrogens with zero attached hydrogens (tertiary/aromatic N) is 1. The summed E-state index contributed by atoms with van der Waals surface area (Å²) < 4.78 is 12.5. The lowest BCUT2D eigenvalue weighted by molar-refractivity contribution is 0.0955. The van der Waals surface area contributed by atoms with E-state index in [1.54, 1.807) is 12.3 Å². The summed E-state index contributed by atoms with van der Waals surface area (Å²) >= 11 is 3.55. The topological polar surface area (TPSA) is 59.9 Å². The Hall–Kier alpha value is -3.12. The molecule has 1 amide bonds. The molecule has 30 heavy (non-hydrogen) atoms. The second-order valence-electron chi connectivity index (χ2n) is 6.61. The van der Waals surface area contributed by atoms with Crippen molar-refractivity contribution < 1.29 is 14.3 Å². The quantitative estimate of drug-likeness (QED) is 0.352. The minimum Gasteiger partial charge on any atom is -0.490 e. The zero-order chi connectivity index (χ0) is 21.3. The number of ether oxygens (including phenoxy) is 2. The van der Waals surface area contributed by atoms with Crippen LogP contribution in [-0.4, -0.2) is 18.7 Å². The van der Waals surface area contributed by atoms with Gasteiger partial charge < -0.3 is 9.47 Å². The molecule has 0 fully saturated rings. The van der Waals surface area contributed by atoms with E-state index in [0.717, 1.165) is 21.2 Å². The van der Waals surface area contributed by atoms with Gasteiger partial charge >= 0.3 is 0 Å². The van der Waals surface area contributed by atoms with Crippen LogP contribution in [0.3, 0.4) is 0 Å². The van der Waals surface area contributed by atoms with E-state index in [1.807, 2.05) is 74.5 Å². The number of hydrogen-bond acceptors (Lipinski definition) is 4. The third kappa shape index (κ3) is 5.94. The van der Waals surface area contributed by atoms with E-state index in [-0.39, 0.29) is 5.91 Å². The second kappa shape index (κ2) is 10.6. The van der Waals surface area contributed by atoms with Crippen molar-refractivity contribution in [2.75, 3.05) is 6.61 Å². The first-order chi connectivity index (χ1) is 14.6. The zero-order valence-corrected chi connectivity index (χ0v) is 18.5. The van der Waals surface area contributed by atoms with Gasteiger partial charge in [0.1, 0.15) is 6.61 Å². The van der Waals surface area contributed by atoms with Crippen molar-refractivity contribution in [3.8, 4) is 11.5 Å². The Bertz CT molecular complexity index is 1040. The van der Waals surface area contributed by atoms with Gasteiger partial charge in [0.15, 0.2) is 11.5 Å². The van der Waals surface area contributed by atoms with Crippen LogP contribution in [0, 0.1) is 6.92 Å². The van der Waals surface area contributed by atoms with E-state index in [2.05, 4.69) is 26.5 Å². The number of aryl methyl sites for hydroxylation is 1. The molecule has 0 aliphatic heterocycles. The molecule has 0 radical (unpaired) electrons. The van der Waals surface area contributed by atoms with E-state index in [0.29, 0.717) is 30.3 Å². The predicted octanol–water partition coefficient (Wildman–Crippen LogP) is 5.50. The Labute approximate surface area is 184 Å². The van der Waals surface area contributed by atoms with Crippen molar-refractivity contribution in [2.24, 2.45) is 5.10 Å². The summed E-state index contributed by atoms with van der Waals surface area (Å²) in [7, 11) is 0. The van der Waals surface area contributed by atoms with Crippen LogP contribution in [0.15, 0.2) is 76.3 Å². The highest BCUT2D eigenvalue weighted by Crippen LogP contribution is 2.37. The lowest BCUT2D eigenvalue weighted by atomic mass is 10.1. The predicted molar refractivity (Wildman–Crippen MR) is 122 cm³/mol. The van der Waals surface area contributed by atoms with Gasteiger partial charge in [0.2, 0.25) is 0 Å². The van der Waals surface area contributed by atoms with Gasteiger partial charge in [-0.1, -0.05) is 48.0 Å². The first kappa shape index (κ1) is 21.6. The number of amides is 1. The van der Waals surface area contributed by atoms with Crippen LogP contribution in [0.25, 0.3) is 0 Å². The fourth-order valence-corrected chi connectivity index (χ4v) is 3.39. The molecule has 154 valence electrons. The largest absolute Gasteiger partial charge is 0.490 e. The monoisotopic (exact) mass is 466 g/mol. The third-order valence-electron chi connectivity index (χ3n) is 4.22. The van der Waals surface area contributed by atoms with Gasteiger partial charge in [-0.25, -0.2) is 5.43 Å².